The lowest BCUT2D eigenvalue weighted by molar-refractivity contribution is -0.170. The lowest BCUT2D eigenvalue weighted by Gasteiger charge is -2.34. The van der Waals surface area contributed by atoms with Gasteiger partial charge in [0.2, 0.25) is 0 Å². The summed E-state index contributed by atoms with van der Waals surface area (Å²) < 4.78 is 5.30. The molecule has 0 aromatic carbocycles. The predicted molar refractivity (Wildman–Crippen MR) is 60.8 cm³/mol. The van der Waals surface area contributed by atoms with E-state index in [1.807, 2.05) is 0 Å². The highest BCUT2D eigenvalue weighted by molar-refractivity contribution is 5.93. The molecule has 4 nitrogen and oxygen atoms in total. The first-order valence-corrected chi connectivity index (χ1v) is 5.74. The molecule has 1 rings (SSSR count). The topological polar surface area (TPSA) is 69.4 Å². The van der Waals surface area contributed by atoms with Crippen molar-refractivity contribution in [1.82, 2.24) is 0 Å². The van der Waals surface area contributed by atoms with Crippen molar-refractivity contribution in [2.75, 3.05) is 0 Å². The van der Waals surface area contributed by atoms with E-state index in [0.29, 0.717) is 25.7 Å². The summed E-state index contributed by atoms with van der Waals surface area (Å²) in [4.78, 5) is 23.2. The number of esters is 1. The van der Waals surface area contributed by atoms with Gasteiger partial charge in [0.05, 0.1) is 0 Å². The Hall–Kier alpha value is -0.900. The summed E-state index contributed by atoms with van der Waals surface area (Å²) in [6.07, 6.45) is 3.17. The molecular formula is C12H21NO3. The second-order valence-electron chi connectivity index (χ2n) is 5.61. The summed E-state index contributed by atoms with van der Waals surface area (Å²) in [7, 11) is 0. The van der Waals surface area contributed by atoms with Crippen molar-refractivity contribution in [2.45, 2.75) is 58.1 Å². The molecule has 0 atom stereocenters. The van der Waals surface area contributed by atoms with Crippen LogP contribution in [0.15, 0.2) is 0 Å². The van der Waals surface area contributed by atoms with E-state index in [1.165, 1.54) is 0 Å². The van der Waals surface area contributed by atoms with Gasteiger partial charge < -0.3 is 15.3 Å². The van der Waals surface area contributed by atoms with E-state index in [1.54, 1.807) is 20.8 Å². The zero-order chi connectivity index (χ0) is 12.4. The van der Waals surface area contributed by atoms with Gasteiger partial charge in [-0.05, 0) is 46.5 Å². The normalized spacial score (nSPS) is 30.9. The number of hydrogen-bond donors (Lipinski definition) is 1. The van der Waals surface area contributed by atoms with E-state index in [-0.39, 0.29) is 6.04 Å². The first kappa shape index (κ1) is 13.2. The molecule has 0 heterocycles. The third-order valence-electron chi connectivity index (χ3n) is 2.95. The molecule has 0 amide bonds. The molecule has 0 aliphatic heterocycles. The number of carbonyl (C=O) groups excluding carboxylic acids is 2. The minimum absolute atomic E-state index is 0.107. The summed E-state index contributed by atoms with van der Waals surface area (Å²) in [6.45, 7) is 5.41. The van der Waals surface area contributed by atoms with Crippen LogP contribution in [0.25, 0.3) is 0 Å². The number of rotatable bonds is 2. The van der Waals surface area contributed by atoms with E-state index >= 15 is 0 Å². The Kier molecular flexibility index (Phi) is 3.73. The van der Waals surface area contributed by atoms with Crippen molar-refractivity contribution in [2.24, 2.45) is 11.1 Å². The molecule has 0 radical (unpaired) electrons. The molecule has 16 heavy (non-hydrogen) atoms. The Bertz CT molecular complexity index is 272. The lowest BCUT2D eigenvalue weighted by atomic mass is 9.73. The SMILES string of the molecule is CC(C)(C)OC(=O)[C@]1(C=O)CC[C@H](N)CC1. The van der Waals surface area contributed by atoms with Crippen molar-refractivity contribution in [3.8, 4) is 0 Å². The minimum atomic E-state index is -0.955. The summed E-state index contributed by atoms with van der Waals surface area (Å²) in [5.74, 6) is -0.401. The number of aldehydes is 1. The van der Waals surface area contributed by atoms with Crippen LogP contribution in [-0.4, -0.2) is 23.9 Å². The second kappa shape index (κ2) is 4.53. The van der Waals surface area contributed by atoms with E-state index in [0.717, 1.165) is 6.29 Å². The number of nitrogens with two attached hydrogens (primary N) is 1. The van der Waals surface area contributed by atoms with Crippen LogP contribution >= 0.6 is 0 Å². The quantitative estimate of drug-likeness (QED) is 0.440. The number of carbonyl (C=O) groups is 2. The van der Waals surface area contributed by atoms with Crippen molar-refractivity contribution >= 4 is 12.3 Å². The zero-order valence-electron chi connectivity index (χ0n) is 10.3. The van der Waals surface area contributed by atoms with Crippen LogP contribution in [-0.2, 0) is 14.3 Å². The number of hydrogen-bond acceptors (Lipinski definition) is 4. The Balaban J connectivity index is 2.73. The van der Waals surface area contributed by atoms with Gasteiger partial charge in [-0.3, -0.25) is 4.79 Å². The molecule has 0 bridgehead atoms. The third-order valence-corrected chi connectivity index (χ3v) is 2.95. The van der Waals surface area contributed by atoms with Crippen LogP contribution < -0.4 is 5.73 Å². The molecule has 2 N–H and O–H groups in total. The van der Waals surface area contributed by atoms with Crippen molar-refractivity contribution in [3.05, 3.63) is 0 Å². The van der Waals surface area contributed by atoms with Gasteiger partial charge in [-0.2, -0.15) is 0 Å². The molecule has 1 saturated carbocycles. The zero-order valence-corrected chi connectivity index (χ0v) is 10.3. The molecule has 1 aliphatic carbocycles. The lowest BCUT2D eigenvalue weighted by Crippen LogP contribution is -2.44. The fourth-order valence-electron chi connectivity index (χ4n) is 1.91. The minimum Gasteiger partial charge on any atom is -0.459 e. The molecule has 92 valence electrons. The van der Waals surface area contributed by atoms with Crippen LogP contribution in [0, 0.1) is 5.41 Å². The first-order chi connectivity index (χ1) is 7.29. The Labute approximate surface area is 96.5 Å². The monoisotopic (exact) mass is 227 g/mol. The van der Waals surface area contributed by atoms with E-state index in [2.05, 4.69) is 0 Å². The third kappa shape index (κ3) is 3.04. The Morgan fingerprint density at radius 2 is 1.88 bits per heavy atom. The van der Waals surface area contributed by atoms with Gasteiger partial charge >= 0.3 is 5.97 Å². The Morgan fingerprint density at radius 3 is 2.25 bits per heavy atom. The standard InChI is InChI=1S/C12H21NO3/c1-11(2,3)16-10(15)12(8-14)6-4-9(13)5-7-12/h8-9H,4-7,13H2,1-3H3/t9-,12+. The summed E-state index contributed by atoms with van der Waals surface area (Å²) in [6, 6.07) is 0.107. The maximum atomic E-state index is 12.0. The van der Waals surface area contributed by atoms with Crippen LogP contribution in [0.3, 0.4) is 0 Å². The predicted octanol–water partition coefficient (Wildman–Crippen LogP) is 1.41. The van der Waals surface area contributed by atoms with Crippen molar-refractivity contribution in [1.29, 1.82) is 0 Å². The highest BCUT2D eigenvalue weighted by atomic mass is 16.6. The smallest absolute Gasteiger partial charge is 0.319 e. The van der Waals surface area contributed by atoms with Gasteiger partial charge in [0.1, 0.15) is 17.3 Å². The van der Waals surface area contributed by atoms with Crippen LogP contribution in [0.5, 0.6) is 0 Å². The molecule has 0 unspecified atom stereocenters. The molecular weight excluding hydrogens is 206 g/mol. The largest absolute Gasteiger partial charge is 0.459 e. The molecule has 0 aromatic heterocycles. The van der Waals surface area contributed by atoms with E-state index in [9.17, 15) is 9.59 Å². The molecule has 1 aliphatic rings. The molecule has 0 aromatic rings. The highest BCUT2D eigenvalue weighted by Crippen LogP contribution is 2.36. The molecule has 0 saturated heterocycles. The van der Waals surface area contributed by atoms with Gasteiger partial charge in [0.15, 0.2) is 0 Å². The van der Waals surface area contributed by atoms with Gasteiger partial charge in [0.25, 0.3) is 0 Å². The fraction of sp³-hybridized carbons (Fsp3) is 0.833. The van der Waals surface area contributed by atoms with Gasteiger partial charge in [-0.1, -0.05) is 0 Å². The van der Waals surface area contributed by atoms with Gasteiger partial charge in [0, 0.05) is 6.04 Å². The fourth-order valence-corrected chi connectivity index (χ4v) is 1.91. The molecule has 0 spiro atoms. The summed E-state index contributed by atoms with van der Waals surface area (Å²) in [5, 5.41) is 0. The van der Waals surface area contributed by atoms with Crippen LogP contribution in [0.4, 0.5) is 0 Å². The number of ether oxygens (including phenoxy) is 1. The molecule has 4 heteroatoms. The van der Waals surface area contributed by atoms with Gasteiger partial charge in [-0.25, -0.2) is 0 Å². The average Bonchev–Trinajstić information content (AvgIpc) is 2.17. The maximum Gasteiger partial charge on any atom is 0.319 e. The highest BCUT2D eigenvalue weighted by Gasteiger charge is 2.43. The van der Waals surface area contributed by atoms with Gasteiger partial charge in [-0.15, -0.1) is 0 Å². The van der Waals surface area contributed by atoms with Crippen LogP contribution in [0.1, 0.15) is 46.5 Å². The summed E-state index contributed by atoms with van der Waals surface area (Å²) >= 11 is 0. The molecule has 1 fully saturated rings. The van der Waals surface area contributed by atoms with Crippen molar-refractivity contribution < 1.29 is 14.3 Å². The second-order valence-corrected chi connectivity index (χ2v) is 5.61. The average molecular weight is 227 g/mol. The Morgan fingerprint density at radius 1 is 1.38 bits per heavy atom. The summed E-state index contributed by atoms with van der Waals surface area (Å²) in [5.41, 5.74) is 4.27. The van der Waals surface area contributed by atoms with E-state index in [4.69, 9.17) is 10.5 Å². The first-order valence-electron chi connectivity index (χ1n) is 5.74. The maximum absolute atomic E-state index is 12.0. The van der Waals surface area contributed by atoms with Crippen molar-refractivity contribution in [3.63, 3.8) is 0 Å². The van der Waals surface area contributed by atoms with Crippen LogP contribution in [0.2, 0.25) is 0 Å². The van der Waals surface area contributed by atoms with E-state index < -0.39 is 17.0 Å².